The molecule has 0 aromatic heterocycles. The Balaban J connectivity index is 2.62. The molecule has 16 heavy (non-hydrogen) atoms. The fraction of sp³-hybridized carbons (Fsp3) is 0.786. The second kappa shape index (κ2) is 6.06. The Labute approximate surface area is 98.8 Å². The molecule has 2 atom stereocenters. The first kappa shape index (κ1) is 13.3. The minimum absolute atomic E-state index is 0.240. The Kier molecular flexibility index (Phi) is 5.02. The standard InChI is InChI=1S/C14H22O2/c1-4-5-6-9-13(15)14(16-3)10-7-8-12(2)11-14/h12H,6-11H2,1-3H3. The number of hydrogen-bond acceptors (Lipinski definition) is 2. The number of rotatable bonds is 4. The zero-order valence-corrected chi connectivity index (χ0v) is 10.6. The van der Waals surface area contributed by atoms with E-state index in [1.165, 1.54) is 6.42 Å². The van der Waals surface area contributed by atoms with Gasteiger partial charge in [-0.1, -0.05) is 13.3 Å². The van der Waals surface area contributed by atoms with Crippen molar-refractivity contribution in [1.29, 1.82) is 0 Å². The Morgan fingerprint density at radius 1 is 1.56 bits per heavy atom. The Hall–Kier alpha value is -0.810. The third kappa shape index (κ3) is 3.09. The average Bonchev–Trinajstić information content (AvgIpc) is 2.29. The second-order valence-corrected chi connectivity index (χ2v) is 4.75. The highest BCUT2D eigenvalue weighted by molar-refractivity contribution is 5.87. The number of methoxy groups -OCH3 is 1. The first-order valence-electron chi connectivity index (χ1n) is 6.12. The SMILES string of the molecule is CC#CCCC(=O)C1(OC)CCCC(C)C1. The van der Waals surface area contributed by atoms with Gasteiger partial charge in [-0.15, -0.1) is 11.8 Å². The van der Waals surface area contributed by atoms with Crippen LogP contribution < -0.4 is 0 Å². The molecule has 0 amide bonds. The molecule has 0 spiro atoms. The fourth-order valence-corrected chi connectivity index (χ4v) is 2.58. The van der Waals surface area contributed by atoms with Gasteiger partial charge in [-0.2, -0.15) is 0 Å². The third-order valence-electron chi connectivity index (χ3n) is 3.51. The lowest BCUT2D eigenvalue weighted by Gasteiger charge is -2.37. The number of Topliss-reactive ketones (excluding diaryl/α,β-unsaturated/α-hetero) is 1. The van der Waals surface area contributed by atoms with Crippen molar-refractivity contribution >= 4 is 5.78 Å². The Morgan fingerprint density at radius 3 is 2.88 bits per heavy atom. The van der Waals surface area contributed by atoms with E-state index in [0.29, 0.717) is 18.8 Å². The molecule has 90 valence electrons. The lowest BCUT2D eigenvalue weighted by Crippen LogP contribution is -2.44. The molecular formula is C14H22O2. The average molecular weight is 222 g/mol. The van der Waals surface area contributed by atoms with Gasteiger partial charge >= 0.3 is 0 Å². The summed E-state index contributed by atoms with van der Waals surface area (Å²) in [5, 5.41) is 0. The van der Waals surface area contributed by atoms with Crippen LogP contribution >= 0.6 is 0 Å². The molecule has 1 fully saturated rings. The fourth-order valence-electron chi connectivity index (χ4n) is 2.58. The largest absolute Gasteiger partial charge is 0.370 e. The van der Waals surface area contributed by atoms with E-state index in [2.05, 4.69) is 18.8 Å². The number of carbonyl (C=O) groups is 1. The molecule has 0 aromatic rings. The summed E-state index contributed by atoms with van der Waals surface area (Å²) in [5.41, 5.74) is -0.507. The Bertz CT molecular complexity index is 298. The molecule has 0 bridgehead atoms. The number of ether oxygens (including phenoxy) is 1. The predicted octanol–water partition coefficient (Wildman–Crippen LogP) is 2.95. The number of hydrogen-bond donors (Lipinski definition) is 0. The second-order valence-electron chi connectivity index (χ2n) is 4.75. The summed E-state index contributed by atoms with van der Waals surface area (Å²) >= 11 is 0. The van der Waals surface area contributed by atoms with Crippen LogP contribution in [0.15, 0.2) is 0 Å². The molecule has 0 heterocycles. The molecule has 2 heteroatoms. The van der Waals surface area contributed by atoms with Gasteiger partial charge in [0.15, 0.2) is 5.78 Å². The van der Waals surface area contributed by atoms with Crippen LogP contribution in [0.2, 0.25) is 0 Å². The van der Waals surface area contributed by atoms with E-state index in [-0.39, 0.29) is 5.78 Å². The van der Waals surface area contributed by atoms with Gasteiger partial charge in [0, 0.05) is 20.0 Å². The van der Waals surface area contributed by atoms with Crippen LogP contribution in [-0.4, -0.2) is 18.5 Å². The lowest BCUT2D eigenvalue weighted by atomic mass is 9.75. The summed E-state index contributed by atoms with van der Waals surface area (Å²) in [7, 11) is 1.67. The Morgan fingerprint density at radius 2 is 2.31 bits per heavy atom. The molecule has 1 rings (SSSR count). The van der Waals surface area contributed by atoms with Crippen LogP contribution in [0.25, 0.3) is 0 Å². The van der Waals surface area contributed by atoms with Crippen molar-refractivity contribution in [2.24, 2.45) is 5.92 Å². The lowest BCUT2D eigenvalue weighted by molar-refractivity contribution is -0.146. The maximum atomic E-state index is 12.2. The van der Waals surface area contributed by atoms with Gasteiger partial charge in [0.2, 0.25) is 0 Å². The predicted molar refractivity (Wildman–Crippen MR) is 65.1 cm³/mol. The molecule has 0 saturated heterocycles. The highest BCUT2D eigenvalue weighted by atomic mass is 16.5. The van der Waals surface area contributed by atoms with Crippen LogP contribution in [0.4, 0.5) is 0 Å². The van der Waals surface area contributed by atoms with E-state index in [4.69, 9.17) is 4.74 Å². The van der Waals surface area contributed by atoms with E-state index in [1.54, 1.807) is 14.0 Å². The van der Waals surface area contributed by atoms with Crippen LogP contribution in [0.1, 0.15) is 52.4 Å². The van der Waals surface area contributed by atoms with Gasteiger partial charge in [-0.3, -0.25) is 4.79 Å². The summed E-state index contributed by atoms with van der Waals surface area (Å²) in [6.45, 7) is 4.01. The highest BCUT2D eigenvalue weighted by Gasteiger charge is 2.40. The van der Waals surface area contributed by atoms with Crippen LogP contribution in [0.3, 0.4) is 0 Å². The van der Waals surface area contributed by atoms with E-state index >= 15 is 0 Å². The zero-order chi connectivity index (χ0) is 12.0. The van der Waals surface area contributed by atoms with Gasteiger partial charge in [-0.05, 0) is 32.1 Å². The maximum absolute atomic E-state index is 12.2. The van der Waals surface area contributed by atoms with Crippen LogP contribution in [-0.2, 0) is 9.53 Å². The quantitative estimate of drug-likeness (QED) is 0.684. The van der Waals surface area contributed by atoms with Gasteiger partial charge in [0.25, 0.3) is 0 Å². The van der Waals surface area contributed by atoms with Gasteiger partial charge in [0.05, 0.1) is 0 Å². The first-order valence-corrected chi connectivity index (χ1v) is 6.12. The molecule has 1 aliphatic rings. The highest BCUT2D eigenvalue weighted by Crippen LogP contribution is 2.36. The molecule has 2 unspecified atom stereocenters. The van der Waals surface area contributed by atoms with Crippen molar-refractivity contribution < 1.29 is 9.53 Å². The topological polar surface area (TPSA) is 26.3 Å². The molecule has 1 saturated carbocycles. The normalized spacial score (nSPS) is 29.3. The van der Waals surface area contributed by atoms with Crippen LogP contribution in [0, 0.1) is 17.8 Å². The van der Waals surface area contributed by atoms with Crippen molar-refractivity contribution in [3.05, 3.63) is 0 Å². The molecule has 0 aromatic carbocycles. The number of carbonyl (C=O) groups excluding carboxylic acids is 1. The van der Waals surface area contributed by atoms with E-state index in [0.717, 1.165) is 19.3 Å². The summed E-state index contributed by atoms with van der Waals surface area (Å²) < 4.78 is 5.54. The minimum atomic E-state index is -0.507. The zero-order valence-electron chi connectivity index (χ0n) is 10.6. The molecule has 2 nitrogen and oxygen atoms in total. The third-order valence-corrected chi connectivity index (χ3v) is 3.51. The van der Waals surface area contributed by atoms with Gasteiger partial charge < -0.3 is 4.74 Å². The van der Waals surface area contributed by atoms with Crippen molar-refractivity contribution in [3.8, 4) is 11.8 Å². The van der Waals surface area contributed by atoms with Crippen LogP contribution in [0.5, 0.6) is 0 Å². The molecule has 0 aliphatic heterocycles. The van der Waals surface area contributed by atoms with Crippen molar-refractivity contribution in [3.63, 3.8) is 0 Å². The smallest absolute Gasteiger partial charge is 0.165 e. The van der Waals surface area contributed by atoms with E-state index in [9.17, 15) is 4.79 Å². The van der Waals surface area contributed by atoms with Gasteiger partial charge in [-0.25, -0.2) is 0 Å². The number of ketones is 1. The summed E-state index contributed by atoms with van der Waals surface area (Å²) in [5.74, 6) is 6.60. The van der Waals surface area contributed by atoms with E-state index < -0.39 is 5.60 Å². The molecule has 0 N–H and O–H groups in total. The minimum Gasteiger partial charge on any atom is -0.370 e. The molecular weight excluding hydrogens is 200 g/mol. The summed E-state index contributed by atoms with van der Waals surface area (Å²) in [6.07, 6.45) is 5.26. The molecule has 0 radical (unpaired) electrons. The van der Waals surface area contributed by atoms with Crippen molar-refractivity contribution in [2.45, 2.75) is 58.0 Å². The summed E-state index contributed by atoms with van der Waals surface area (Å²) in [6, 6.07) is 0. The van der Waals surface area contributed by atoms with Crippen molar-refractivity contribution in [1.82, 2.24) is 0 Å². The summed E-state index contributed by atoms with van der Waals surface area (Å²) in [4.78, 5) is 12.2. The van der Waals surface area contributed by atoms with Gasteiger partial charge in [0.1, 0.15) is 5.60 Å². The van der Waals surface area contributed by atoms with E-state index in [1.807, 2.05) is 0 Å². The maximum Gasteiger partial charge on any atom is 0.165 e. The van der Waals surface area contributed by atoms with Crippen molar-refractivity contribution in [2.75, 3.05) is 7.11 Å². The first-order chi connectivity index (χ1) is 7.64. The monoisotopic (exact) mass is 222 g/mol. The molecule has 1 aliphatic carbocycles.